The van der Waals surface area contributed by atoms with E-state index in [1.165, 1.54) is 23.6 Å². The van der Waals surface area contributed by atoms with E-state index in [2.05, 4.69) is 59.6 Å². The molecular weight excluding hydrogens is 472 g/mol. The zero-order valence-electron chi connectivity index (χ0n) is 22.5. The van der Waals surface area contributed by atoms with Crippen LogP contribution < -0.4 is 5.32 Å². The first-order chi connectivity index (χ1) is 18.3. The molecule has 3 aromatic rings. The highest BCUT2D eigenvalue weighted by atomic mass is 16.3. The summed E-state index contributed by atoms with van der Waals surface area (Å²) in [5.74, 6) is -0.0397. The Kier molecular flexibility index (Phi) is 7.40. The number of benzene rings is 3. The van der Waals surface area contributed by atoms with Gasteiger partial charge in [0.25, 0.3) is 0 Å². The number of nitrogens with one attached hydrogen (secondary N) is 1. The minimum absolute atomic E-state index is 0.0425. The fraction of sp³-hybridized carbons (Fsp3) is 0.394. The van der Waals surface area contributed by atoms with E-state index in [-0.39, 0.29) is 35.0 Å². The fourth-order valence-electron chi connectivity index (χ4n) is 6.91. The number of hydrogen-bond donors (Lipinski definition) is 2. The number of nitrogens with zero attached hydrogens (tertiary/aromatic N) is 1. The van der Waals surface area contributed by atoms with Crippen LogP contribution in [0.3, 0.4) is 0 Å². The molecule has 2 aliphatic rings. The molecule has 0 aromatic heterocycles. The molecule has 1 heterocycles. The van der Waals surface area contributed by atoms with E-state index in [1.54, 1.807) is 6.07 Å². The van der Waals surface area contributed by atoms with E-state index in [1.807, 2.05) is 30.3 Å². The number of hydrogen-bond acceptors (Lipinski definition) is 4. The van der Waals surface area contributed by atoms with Crippen molar-refractivity contribution in [3.05, 3.63) is 101 Å². The lowest BCUT2D eigenvalue weighted by Gasteiger charge is -2.58. The van der Waals surface area contributed by atoms with Crippen LogP contribution in [-0.2, 0) is 34.3 Å². The second-order valence-electron chi connectivity index (χ2n) is 11.6. The zero-order valence-corrected chi connectivity index (χ0v) is 22.5. The minimum atomic E-state index is -0.246. The van der Waals surface area contributed by atoms with Gasteiger partial charge >= 0.3 is 0 Å². The van der Waals surface area contributed by atoms with Gasteiger partial charge in [-0.2, -0.15) is 0 Å². The van der Waals surface area contributed by atoms with Crippen LogP contribution in [0.15, 0.2) is 78.9 Å². The first kappa shape index (κ1) is 26.2. The smallest absolute Gasteiger partial charge is 0.225 e. The highest BCUT2D eigenvalue weighted by Gasteiger charge is 2.55. The number of aromatic hydroxyl groups is 1. The van der Waals surface area contributed by atoms with Gasteiger partial charge in [0.1, 0.15) is 11.5 Å². The molecule has 3 atom stereocenters. The summed E-state index contributed by atoms with van der Waals surface area (Å²) in [5.41, 5.74) is 4.96. The number of ketones is 1. The molecule has 198 valence electrons. The van der Waals surface area contributed by atoms with E-state index in [4.69, 9.17) is 0 Å². The minimum Gasteiger partial charge on any atom is -0.508 e. The molecule has 1 aliphatic carbocycles. The Morgan fingerprint density at radius 3 is 2.39 bits per heavy atom. The van der Waals surface area contributed by atoms with Crippen molar-refractivity contribution in [3.63, 3.8) is 0 Å². The zero-order chi connectivity index (χ0) is 26.8. The molecule has 0 unspecified atom stereocenters. The maximum atomic E-state index is 13.3. The number of amides is 1. The quantitative estimate of drug-likeness (QED) is 0.461. The second kappa shape index (κ2) is 10.7. The Balaban J connectivity index is 1.44. The van der Waals surface area contributed by atoms with Crippen LogP contribution in [0.2, 0.25) is 0 Å². The summed E-state index contributed by atoms with van der Waals surface area (Å²) >= 11 is 0. The van der Waals surface area contributed by atoms with E-state index >= 15 is 0 Å². The van der Waals surface area contributed by atoms with Crippen LogP contribution in [0.1, 0.15) is 42.5 Å². The number of rotatable bonds is 8. The van der Waals surface area contributed by atoms with Gasteiger partial charge in [-0.05, 0) is 79.0 Å². The van der Waals surface area contributed by atoms with Gasteiger partial charge in [0.2, 0.25) is 5.91 Å². The van der Waals surface area contributed by atoms with E-state index < -0.39 is 0 Å². The SMILES string of the molecule is CC(=O)CNC(=O)[C@@H](Cc1ccccc1)CN1CC[C@@]2(c3cccc(O)c3)Cc3ccccc3C[C@@]2(C)C1. The highest BCUT2D eigenvalue weighted by molar-refractivity contribution is 5.85. The van der Waals surface area contributed by atoms with Crippen molar-refractivity contribution in [2.24, 2.45) is 11.3 Å². The molecule has 0 bridgehead atoms. The fourth-order valence-corrected chi connectivity index (χ4v) is 6.91. The Morgan fingerprint density at radius 1 is 0.974 bits per heavy atom. The Hall–Kier alpha value is -3.44. The molecule has 1 saturated heterocycles. The molecule has 1 amide bonds. The largest absolute Gasteiger partial charge is 0.508 e. The Labute approximate surface area is 225 Å². The molecular formula is C33H38N2O3. The van der Waals surface area contributed by atoms with Gasteiger partial charge in [0, 0.05) is 18.5 Å². The van der Waals surface area contributed by atoms with Crippen LogP contribution in [-0.4, -0.2) is 47.9 Å². The van der Waals surface area contributed by atoms with Crippen LogP contribution >= 0.6 is 0 Å². The van der Waals surface area contributed by atoms with Gasteiger partial charge in [-0.25, -0.2) is 0 Å². The highest BCUT2D eigenvalue weighted by Crippen LogP contribution is 2.55. The van der Waals surface area contributed by atoms with E-state index in [9.17, 15) is 14.7 Å². The second-order valence-corrected chi connectivity index (χ2v) is 11.6. The number of phenols is 1. The molecule has 38 heavy (non-hydrogen) atoms. The average molecular weight is 511 g/mol. The third kappa shape index (κ3) is 5.25. The van der Waals surface area contributed by atoms with Gasteiger partial charge in [0.05, 0.1) is 12.5 Å². The number of piperidine rings is 1. The van der Waals surface area contributed by atoms with Crippen molar-refractivity contribution >= 4 is 11.7 Å². The standard InChI is InChI=1S/C33H38N2O3/c1-24(36)21-34-31(38)28(17-25-9-4-3-5-10-25)22-35-16-15-33(29-13-8-14-30(37)18-29)20-27-12-7-6-11-26(27)19-32(33,2)23-35/h3-14,18,28,37H,15-17,19-23H2,1-2H3,(H,34,38)/t28-,32-,33-/m0/s1. The summed E-state index contributed by atoms with van der Waals surface area (Å²) in [5, 5.41) is 13.3. The summed E-state index contributed by atoms with van der Waals surface area (Å²) in [7, 11) is 0. The third-order valence-corrected chi connectivity index (χ3v) is 8.86. The molecule has 5 rings (SSSR count). The summed E-state index contributed by atoms with van der Waals surface area (Å²) in [4.78, 5) is 27.3. The van der Waals surface area contributed by atoms with Crippen molar-refractivity contribution in [1.29, 1.82) is 0 Å². The van der Waals surface area contributed by atoms with Gasteiger partial charge in [0.15, 0.2) is 0 Å². The van der Waals surface area contributed by atoms with Crippen molar-refractivity contribution in [1.82, 2.24) is 10.2 Å². The topological polar surface area (TPSA) is 69.6 Å². The predicted octanol–water partition coefficient (Wildman–Crippen LogP) is 4.70. The molecule has 3 aromatic carbocycles. The molecule has 0 saturated carbocycles. The van der Waals surface area contributed by atoms with Crippen molar-refractivity contribution in [2.45, 2.75) is 44.9 Å². The van der Waals surface area contributed by atoms with Crippen molar-refractivity contribution in [3.8, 4) is 5.75 Å². The van der Waals surface area contributed by atoms with Crippen LogP contribution in [0.5, 0.6) is 5.75 Å². The lowest BCUT2D eigenvalue weighted by molar-refractivity contribution is -0.128. The van der Waals surface area contributed by atoms with Crippen molar-refractivity contribution < 1.29 is 14.7 Å². The van der Waals surface area contributed by atoms with Crippen molar-refractivity contribution in [2.75, 3.05) is 26.2 Å². The molecule has 2 N–H and O–H groups in total. The van der Waals surface area contributed by atoms with E-state index in [0.29, 0.717) is 18.7 Å². The van der Waals surface area contributed by atoms with Gasteiger partial charge in [-0.3, -0.25) is 9.59 Å². The molecule has 1 fully saturated rings. The molecule has 5 nitrogen and oxygen atoms in total. The number of phenolic OH excluding ortho intramolecular Hbond substituents is 1. The number of fused-ring (bicyclic) bond motifs is 2. The summed E-state index contributed by atoms with van der Waals surface area (Å²) < 4.78 is 0. The predicted molar refractivity (Wildman–Crippen MR) is 150 cm³/mol. The van der Waals surface area contributed by atoms with Gasteiger partial charge in [-0.15, -0.1) is 0 Å². The first-order valence-corrected chi connectivity index (χ1v) is 13.7. The number of carbonyl (C=O) groups is 2. The number of Topliss-reactive ketones (excluding diaryl/α,β-unsaturated/α-hetero) is 1. The lowest BCUT2D eigenvalue weighted by atomic mass is 9.50. The maximum absolute atomic E-state index is 13.3. The summed E-state index contributed by atoms with van der Waals surface area (Å²) in [6.45, 7) is 6.34. The first-order valence-electron chi connectivity index (χ1n) is 13.7. The number of carbonyl (C=O) groups excluding carboxylic acids is 2. The average Bonchev–Trinajstić information content (AvgIpc) is 2.90. The van der Waals surface area contributed by atoms with Gasteiger partial charge < -0.3 is 15.3 Å². The summed E-state index contributed by atoms with van der Waals surface area (Å²) in [6, 6.07) is 26.7. The molecule has 1 aliphatic heterocycles. The third-order valence-electron chi connectivity index (χ3n) is 8.86. The maximum Gasteiger partial charge on any atom is 0.225 e. The molecule has 5 heteroatoms. The summed E-state index contributed by atoms with van der Waals surface area (Å²) in [6.07, 6.45) is 3.49. The van der Waals surface area contributed by atoms with Crippen LogP contribution in [0, 0.1) is 11.3 Å². The van der Waals surface area contributed by atoms with Gasteiger partial charge in [-0.1, -0.05) is 73.7 Å². The Morgan fingerprint density at radius 2 is 1.68 bits per heavy atom. The monoisotopic (exact) mass is 510 g/mol. The van der Waals surface area contributed by atoms with Crippen LogP contribution in [0.25, 0.3) is 0 Å². The van der Waals surface area contributed by atoms with Crippen LogP contribution in [0.4, 0.5) is 0 Å². The lowest BCUT2D eigenvalue weighted by Crippen LogP contribution is -2.61. The molecule has 0 spiro atoms. The normalized spacial score (nSPS) is 23.6. The Bertz CT molecular complexity index is 1310. The molecule has 0 radical (unpaired) electrons. The number of likely N-dealkylation sites (tertiary alicyclic amines) is 1. The van der Waals surface area contributed by atoms with E-state index in [0.717, 1.165) is 37.9 Å².